The predicted molar refractivity (Wildman–Crippen MR) is 67.6 cm³/mol. The van der Waals surface area contributed by atoms with Crippen molar-refractivity contribution in [1.29, 1.82) is 0 Å². The first-order chi connectivity index (χ1) is 7.95. The van der Waals surface area contributed by atoms with E-state index in [1.165, 1.54) is 7.11 Å². The first kappa shape index (κ1) is 13.8. The van der Waals surface area contributed by atoms with Gasteiger partial charge in [-0.3, -0.25) is 0 Å². The van der Waals surface area contributed by atoms with Crippen molar-refractivity contribution in [3.05, 3.63) is 22.7 Å². The normalized spacial score (nSPS) is 12.3. The molecule has 5 heteroatoms. The van der Waals surface area contributed by atoms with Gasteiger partial charge in [-0.05, 0) is 18.2 Å². The van der Waals surface area contributed by atoms with Crippen LogP contribution in [-0.2, 0) is 4.79 Å². The van der Waals surface area contributed by atoms with Gasteiger partial charge in [0.25, 0.3) is 0 Å². The van der Waals surface area contributed by atoms with Gasteiger partial charge in [-0.25, -0.2) is 4.79 Å². The third-order valence-electron chi connectivity index (χ3n) is 2.23. The Morgan fingerprint density at radius 3 is 2.47 bits per heavy atom. The molecule has 94 valence electrons. The van der Waals surface area contributed by atoms with Crippen LogP contribution in [0.2, 0.25) is 0 Å². The predicted octanol–water partition coefficient (Wildman–Crippen LogP) is 2.95. The van der Waals surface area contributed by atoms with Gasteiger partial charge in [0.1, 0.15) is 0 Å². The SMILES string of the molecule is COc1cc(Br)ccc1OC(C(=O)O)C(C)C. The summed E-state index contributed by atoms with van der Waals surface area (Å²) < 4.78 is 11.5. The minimum Gasteiger partial charge on any atom is -0.493 e. The van der Waals surface area contributed by atoms with Gasteiger partial charge < -0.3 is 14.6 Å². The van der Waals surface area contributed by atoms with Crippen molar-refractivity contribution in [3.8, 4) is 11.5 Å². The average Bonchev–Trinajstić information content (AvgIpc) is 2.26. The molecule has 0 radical (unpaired) electrons. The van der Waals surface area contributed by atoms with E-state index in [-0.39, 0.29) is 5.92 Å². The smallest absolute Gasteiger partial charge is 0.345 e. The van der Waals surface area contributed by atoms with E-state index < -0.39 is 12.1 Å². The lowest BCUT2D eigenvalue weighted by Crippen LogP contribution is -2.32. The lowest BCUT2D eigenvalue weighted by Gasteiger charge is -2.19. The van der Waals surface area contributed by atoms with Crippen LogP contribution in [0.5, 0.6) is 11.5 Å². The summed E-state index contributed by atoms with van der Waals surface area (Å²) in [4.78, 5) is 11.0. The number of carboxylic acid groups (broad SMARTS) is 1. The van der Waals surface area contributed by atoms with Crippen molar-refractivity contribution in [2.24, 2.45) is 5.92 Å². The van der Waals surface area contributed by atoms with Crippen LogP contribution in [0.4, 0.5) is 0 Å². The zero-order valence-electron chi connectivity index (χ0n) is 9.94. The highest BCUT2D eigenvalue weighted by Crippen LogP contribution is 2.31. The third kappa shape index (κ3) is 3.63. The second-order valence-electron chi connectivity index (χ2n) is 3.92. The summed E-state index contributed by atoms with van der Waals surface area (Å²) in [6, 6.07) is 5.19. The first-order valence-corrected chi connectivity index (χ1v) is 5.98. The largest absolute Gasteiger partial charge is 0.493 e. The van der Waals surface area contributed by atoms with Gasteiger partial charge in [0.15, 0.2) is 17.6 Å². The molecule has 0 fully saturated rings. The molecule has 1 rings (SSSR count). The van der Waals surface area contributed by atoms with Crippen LogP contribution in [-0.4, -0.2) is 24.3 Å². The monoisotopic (exact) mass is 302 g/mol. The van der Waals surface area contributed by atoms with E-state index in [9.17, 15) is 4.79 Å². The third-order valence-corrected chi connectivity index (χ3v) is 2.72. The van der Waals surface area contributed by atoms with Crippen molar-refractivity contribution >= 4 is 21.9 Å². The van der Waals surface area contributed by atoms with Gasteiger partial charge >= 0.3 is 5.97 Å². The Morgan fingerprint density at radius 1 is 1.35 bits per heavy atom. The number of aliphatic carboxylic acids is 1. The Bertz CT molecular complexity index is 403. The number of ether oxygens (including phenoxy) is 2. The summed E-state index contributed by atoms with van der Waals surface area (Å²) in [5.41, 5.74) is 0. The standard InChI is InChI=1S/C12H15BrO4/c1-7(2)11(12(14)15)17-9-5-4-8(13)6-10(9)16-3/h4-7,11H,1-3H3,(H,14,15). The van der Waals surface area contributed by atoms with Crippen LogP contribution < -0.4 is 9.47 Å². The summed E-state index contributed by atoms with van der Waals surface area (Å²) in [5, 5.41) is 9.05. The van der Waals surface area contributed by atoms with Gasteiger partial charge in [-0.15, -0.1) is 0 Å². The maximum atomic E-state index is 11.0. The number of carbonyl (C=O) groups is 1. The molecule has 0 saturated heterocycles. The molecule has 1 aromatic carbocycles. The van der Waals surface area contributed by atoms with Gasteiger partial charge in [-0.2, -0.15) is 0 Å². The van der Waals surface area contributed by atoms with E-state index >= 15 is 0 Å². The molecular formula is C12H15BrO4. The zero-order valence-corrected chi connectivity index (χ0v) is 11.5. The number of hydrogen-bond acceptors (Lipinski definition) is 3. The highest BCUT2D eigenvalue weighted by molar-refractivity contribution is 9.10. The lowest BCUT2D eigenvalue weighted by atomic mass is 10.1. The van der Waals surface area contributed by atoms with Gasteiger partial charge in [0.05, 0.1) is 7.11 Å². The minimum absolute atomic E-state index is 0.124. The summed E-state index contributed by atoms with van der Waals surface area (Å²) in [6.07, 6.45) is -0.884. The molecule has 0 aliphatic rings. The number of hydrogen-bond donors (Lipinski definition) is 1. The summed E-state index contributed by atoms with van der Waals surface area (Å²) >= 11 is 3.31. The van der Waals surface area contributed by atoms with E-state index in [1.807, 2.05) is 0 Å². The van der Waals surface area contributed by atoms with E-state index in [4.69, 9.17) is 14.6 Å². The molecule has 1 aromatic rings. The van der Waals surface area contributed by atoms with Gasteiger partial charge in [0.2, 0.25) is 0 Å². The quantitative estimate of drug-likeness (QED) is 0.908. The average molecular weight is 303 g/mol. The summed E-state index contributed by atoms with van der Waals surface area (Å²) in [7, 11) is 1.51. The second kappa shape index (κ2) is 5.91. The highest BCUT2D eigenvalue weighted by Gasteiger charge is 2.24. The number of carboxylic acids is 1. The van der Waals surface area contributed by atoms with Crippen LogP contribution in [0.15, 0.2) is 22.7 Å². The number of rotatable bonds is 5. The Kier molecular flexibility index (Phi) is 4.81. The first-order valence-electron chi connectivity index (χ1n) is 5.18. The van der Waals surface area contributed by atoms with Crippen molar-refractivity contribution < 1.29 is 19.4 Å². The van der Waals surface area contributed by atoms with E-state index in [1.54, 1.807) is 32.0 Å². The lowest BCUT2D eigenvalue weighted by molar-refractivity contribution is -0.147. The molecular weight excluding hydrogens is 288 g/mol. The molecule has 0 spiro atoms. The molecule has 0 bridgehead atoms. The van der Waals surface area contributed by atoms with Crippen molar-refractivity contribution in [1.82, 2.24) is 0 Å². The molecule has 1 unspecified atom stereocenters. The molecule has 17 heavy (non-hydrogen) atoms. The maximum absolute atomic E-state index is 11.0. The molecule has 0 aliphatic carbocycles. The Balaban J connectivity index is 2.96. The highest BCUT2D eigenvalue weighted by atomic mass is 79.9. The topological polar surface area (TPSA) is 55.8 Å². The van der Waals surface area contributed by atoms with Crippen LogP contribution in [0.1, 0.15) is 13.8 Å². The molecule has 1 atom stereocenters. The number of halogens is 1. The fourth-order valence-corrected chi connectivity index (χ4v) is 1.69. The Labute approximate surface area is 109 Å². The molecule has 0 heterocycles. The fourth-order valence-electron chi connectivity index (χ4n) is 1.35. The molecule has 0 aliphatic heterocycles. The van der Waals surface area contributed by atoms with Crippen molar-refractivity contribution in [3.63, 3.8) is 0 Å². The van der Waals surface area contributed by atoms with Crippen LogP contribution in [0, 0.1) is 5.92 Å². The van der Waals surface area contributed by atoms with Crippen molar-refractivity contribution in [2.75, 3.05) is 7.11 Å². The molecule has 0 amide bonds. The maximum Gasteiger partial charge on any atom is 0.345 e. The van der Waals surface area contributed by atoms with Gasteiger partial charge in [0, 0.05) is 10.4 Å². The second-order valence-corrected chi connectivity index (χ2v) is 4.83. The van der Waals surface area contributed by atoms with Crippen LogP contribution in [0.25, 0.3) is 0 Å². The molecule has 0 saturated carbocycles. The number of benzene rings is 1. The van der Waals surface area contributed by atoms with E-state index in [2.05, 4.69) is 15.9 Å². The van der Waals surface area contributed by atoms with Crippen LogP contribution >= 0.6 is 15.9 Å². The summed E-state index contributed by atoms with van der Waals surface area (Å²) in [5.74, 6) is -0.172. The molecule has 1 N–H and O–H groups in total. The van der Waals surface area contributed by atoms with Crippen LogP contribution in [0.3, 0.4) is 0 Å². The number of methoxy groups -OCH3 is 1. The zero-order chi connectivity index (χ0) is 13.0. The van der Waals surface area contributed by atoms with E-state index in [0.717, 1.165) is 4.47 Å². The Morgan fingerprint density at radius 2 is 2.00 bits per heavy atom. The molecule has 4 nitrogen and oxygen atoms in total. The molecule has 0 aromatic heterocycles. The van der Waals surface area contributed by atoms with Gasteiger partial charge in [-0.1, -0.05) is 29.8 Å². The Hall–Kier alpha value is -1.23. The summed E-state index contributed by atoms with van der Waals surface area (Å²) in [6.45, 7) is 3.59. The van der Waals surface area contributed by atoms with E-state index in [0.29, 0.717) is 11.5 Å². The fraction of sp³-hybridized carbons (Fsp3) is 0.417. The minimum atomic E-state index is -0.982. The van der Waals surface area contributed by atoms with Crippen molar-refractivity contribution in [2.45, 2.75) is 20.0 Å².